The van der Waals surface area contributed by atoms with Crippen molar-refractivity contribution < 1.29 is 19.2 Å². The minimum Gasteiger partial charge on any atom is -0.494 e. The highest BCUT2D eigenvalue weighted by Gasteiger charge is 2.26. The van der Waals surface area contributed by atoms with Gasteiger partial charge in [0.15, 0.2) is 0 Å². The summed E-state index contributed by atoms with van der Waals surface area (Å²) in [5.41, 5.74) is 11.9. The number of ketones is 1. The van der Waals surface area contributed by atoms with Crippen LogP contribution in [-0.4, -0.2) is 28.6 Å². The van der Waals surface area contributed by atoms with E-state index in [1.54, 1.807) is 6.92 Å². The van der Waals surface area contributed by atoms with Gasteiger partial charge in [0.05, 0.1) is 17.7 Å². The molecule has 3 aromatic carbocycles. The summed E-state index contributed by atoms with van der Waals surface area (Å²) in [6.07, 6.45) is 0.498. The number of fused-ring (bicyclic) bond motifs is 1. The number of ether oxygens (including phenoxy) is 1. The second kappa shape index (κ2) is 10.5. The SMILES string of the molecule is CCOc1ccc2c(c1)c(C(=O)/C(C)=N/OC(C)=O)c(Cc1ccccc1C)n2-c1ccc(N)cc1. The Kier molecular flexibility index (Phi) is 7.20. The summed E-state index contributed by atoms with van der Waals surface area (Å²) in [5, 5.41) is 4.51. The van der Waals surface area contributed by atoms with Gasteiger partial charge in [-0.3, -0.25) is 4.79 Å². The van der Waals surface area contributed by atoms with Crippen LogP contribution in [0.4, 0.5) is 5.69 Å². The third kappa shape index (κ3) is 5.00. The summed E-state index contributed by atoms with van der Waals surface area (Å²) >= 11 is 0. The number of rotatable bonds is 8. The number of aryl methyl sites for hydroxylation is 1. The van der Waals surface area contributed by atoms with Gasteiger partial charge in [0, 0.05) is 35.8 Å². The highest BCUT2D eigenvalue weighted by Crippen LogP contribution is 2.35. The second-order valence-electron chi connectivity index (χ2n) is 8.55. The first-order valence-electron chi connectivity index (χ1n) is 11.8. The highest BCUT2D eigenvalue weighted by molar-refractivity contribution is 6.47. The molecule has 36 heavy (non-hydrogen) atoms. The Labute approximate surface area is 210 Å². The molecule has 0 saturated carbocycles. The molecule has 4 aromatic rings. The lowest BCUT2D eigenvalue weighted by Crippen LogP contribution is -2.15. The van der Waals surface area contributed by atoms with Gasteiger partial charge in [-0.15, -0.1) is 0 Å². The van der Waals surface area contributed by atoms with E-state index >= 15 is 0 Å². The Morgan fingerprint density at radius 1 is 1.00 bits per heavy atom. The Hall–Kier alpha value is -4.39. The van der Waals surface area contributed by atoms with Crippen LogP contribution in [0.25, 0.3) is 16.6 Å². The molecule has 0 saturated heterocycles. The van der Waals surface area contributed by atoms with E-state index in [0.29, 0.717) is 30.0 Å². The molecule has 184 valence electrons. The maximum atomic E-state index is 13.8. The van der Waals surface area contributed by atoms with E-state index in [4.69, 9.17) is 15.3 Å². The molecular weight excluding hydrogens is 454 g/mol. The zero-order valence-corrected chi connectivity index (χ0v) is 20.9. The minimum absolute atomic E-state index is 0.0782. The van der Waals surface area contributed by atoms with E-state index in [1.807, 2.05) is 74.5 Å². The van der Waals surface area contributed by atoms with Crippen molar-refractivity contribution in [3.8, 4) is 11.4 Å². The number of benzene rings is 3. The average Bonchev–Trinajstić information content (AvgIpc) is 3.17. The third-order valence-electron chi connectivity index (χ3n) is 5.98. The lowest BCUT2D eigenvalue weighted by molar-refractivity contribution is -0.140. The number of carbonyl (C=O) groups is 2. The second-order valence-corrected chi connectivity index (χ2v) is 8.55. The van der Waals surface area contributed by atoms with Crippen LogP contribution < -0.4 is 10.5 Å². The van der Waals surface area contributed by atoms with Gasteiger partial charge in [-0.25, -0.2) is 4.79 Å². The molecule has 2 N–H and O–H groups in total. The number of oxime groups is 1. The Morgan fingerprint density at radius 2 is 1.72 bits per heavy atom. The molecule has 0 aliphatic heterocycles. The molecule has 0 bridgehead atoms. The van der Waals surface area contributed by atoms with Crippen LogP contribution in [0.1, 0.15) is 48.0 Å². The van der Waals surface area contributed by atoms with Gasteiger partial charge in [0.25, 0.3) is 0 Å². The monoisotopic (exact) mass is 483 g/mol. The lowest BCUT2D eigenvalue weighted by Gasteiger charge is -2.14. The lowest BCUT2D eigenvalue weighted by atomic mass is 9.97. The number of anilines is 1. The van der Waals surface area contributed by atoms with Crippen molar-refractivity contribution in [2.24, 2.45) is 5.16 Å². The number of Topliss-reactive ketones (excluding diaryl/α,β-unsaturated/α-hetero) is 1. The van der Waals surface area contributed by atoms with E-state index in [1.165, 1.54) is 6.92 Å². The Morgan fingerprint density at radius 3 is 2.39 bits per heavy atom. The molecule has 0 unspecified atom stereocenters. The van der Waals surface area contributed by atoms with Gasteiger partial charge in [-0.2, -0.15) is 0 Å². The predicted octanol–water partition coefficient (Wildman–Crippen LogP) is 5.63. The maximum absolute atomic E-state index is 13.8. The van der Waals surface area contributed by atoms with E-state index in [0.717, 1.165) is 33.4 Å². The Bertz CT molecular complexity index is 1470. The van der Waals surface area contributed by atoms with Gasteiger partial charge in [0.2, 0.25) is 5.78 Å². The van der Waals surface area contributed by atoms with Crippen molar-refractivity contribution in [3.63, 3.8) is 0 Å². The molecule has 0 aliphatic carbocycles. The molecule has 0 fully saturated rings. The molecule has 0 amide bonds. The molecule has 0 aliphatic rings. The standard InChI is InChI=1S/C29H29N3O4/c1-5-35-24-14-15-26-25(17-24)28(29(34)19(3)31-36-20(4)33)27(16-21-9-7-6-8-18(21)2)32(26)23-12-10-22(30)11-13-23/h6-15,17H,5,16,30H2,1-4H3/b31-19+. The molecule has 1 heterocycles. The molecule has 0 radical (unpaired) electrons. The van der Waals surface area contributed by atoms with Gasteiger partial charge in [0.1, 0.15) is 11.5 Å². The summed E-state index contributed by atoms with van der Waals surface area (Å²) in [6.45, 7) is 7.24. The number of nitrogen functional groups attached to an aromatic ring is 1. The van der Waals surface area contributed by atoms with Crippen molar-refractivity contribution >= 4 is 34.1 Å². The number of aromatic nitrogens is 1. The van der Waals surface area contributed by atoms with E-state index in [-0.39, 0.29) is 11.5 Å². The van der Waals surface area contributed by atoms with Crippen LogP contribution in [0, 0.1) is 6.92 Å². The smallest absolute Gasteiger partial charge is 0.331 e. The number of hydrogen-bond acceptors (Lipinski definition) is 6. The number of carbonyl (C=O) groups excluding carboxylic acids is 2. The summed E-state index contributed by atoms with van der Waals surface area (Å²) in [7, 11) is 0. The normalized spacial score (nSPS) is 11.5. The van der Waals surface area contributed by atoms with E-state index < -0.39 is 5.97 Å². The van der Waals surface area contributed by atoms with Crippen LogP contribution >= 0.6 is 0 Å². The topological polar surface area (TPSA) is 95.9 Å². The molecule has 4 rings (SSSR count). The fraction of sp³-hybridized carbons (Fsp3) is 0.207. The fourth-order valence-corrected chi connectivity index (χ4v) is 4.26. The summed E-state index contributed by atoms with van der Waals surface area (Å²) in [5.74, 6) is -0.261. The largest absolute Gasteiger partial charge is 0.494 e. The zero-order chi connectivity index (χ0) is 25.8. The average molecular weight is 484 g/mol. The fourth-order valence-electron chi connectivity index (χ4n) is 4.26. The van der Waals surface area contributed by atoms with Gasteiger partial charge in [-0.05, 0) is 74.4 Å². The molecular formula is C29H29N3O4. The number of nitrogens with zero attached hydrogens (tertiary/aromatic N) is 2. The zero-order valence-electron chi connectivity index (χ0n) is 20.9. The van der Waals surface area contributed by atoms with Gasteiger partial charge < -0.3 is 19.9 Å². The molecule has 0 spiro atoms. The van der Waals surface area contributed by atoms with Crippen molar-refractivity contribution in [3.05, 3.63) is 89.1 Å². The van der Waals surface area contributed by atoms with Crippen molar-refractivity contribution in [2.75, 3.05) is 12.3 Å². The number of hydrogen-bond donors (Lipinski definition) is 1. The first-order valence-corrected chi connectivity index (χ1v) is 11.8. The molecule has 0 atom stereocenters. The first kappa shape index (κ1) is 24.7. The number of nitrogens with two attached hydrogens (primary N) is 1. The van der Waals surface area contributed by atoms with Crippen molar-refractivity contribution in [1.29, 1.82) is 0 Å². The van der Waals surface area contributed by atoms with Crippen LogP contribution in [0.2, 0.25) is 0 Å². The molecule has 7 nitrogen and oxygen atoms in total. The van der Waals surface area contributed by atoms with Gasteiger partial charge in [-0.1, -0.05) is 29.4 Å². The molecule has 1 aromatic heterocycles. The maximum Gasteiger partial charge on any atom is 0.331 e. The first-order chi connectivity index (χ1) is 17.3. The van der Waals surface area contributed by atoms with Crippen molar-refractivity contribution in [2.45, 2.75) is 34.1 Å². The summed E-state index contributed by atoms with van der Waals surface area (Å²) in [6, 6.07) is 21.3. The van der Waals surface area contributed by atoms with E-state index in [2.05, 4.69) is 15.8 Å². The van der Waals surface area contributed by atoms with Gasteiger partial charge >= 0.3 is 5.97 Å². The van der Waals surface area contributed by atoms with Crippen LogP contribution in [0.15, 0.2) is 71.9 Å². The minimum atomic E-state index is -0.592. The highest BCUT2D eigenvalue weighted by atomic mass is 16.7. The molecule has 7 heteroatoms. The van der Waals surface area contributed by atoms with Crippen LogP contribution in [0.5, 0.6) is 5.75 Å². The summed E-state index contributed by atoms with van der Waals surface area (Å²) < 4.78 is 7.83. The van der Waals surface area contributed by atoms with Crippen LogP contribution in [0.3, 0.4) is 0 Å². The van der Waals surface area contributed by atoms with Crippen LogP contribution in [-0.2, 0) is 16.1 Å². The predicted molar refractivity (Wildman–Crippen MR) is 142 cm³/mol. The van der Waals surface area contributed by atoms with E-state index in [9.17, 15) is 9.59 Å². The van der Waals surface area contributed by atoms with Crippen molar-refractivity contribution in [1.82, 2.24) is 4.57 Å². The Balaban J connectivity index is 2.04. The quantitative estimate of drug-likeness (QED) is 0.115. The third-order valence-corrected chi connectivity index (χ3v) is 5.98. The summed E-state index contributed by atoms with van der Waals surface area (Å²) in [4.78, 5) is 30.0.